The van der Waals surface area contributed by atoms with E-state index >= 15 is 0 Å². The van der Waals surface area contributed by atoms with Crippen LogP contribution >= 0.6 is 0 Å². The standard InChI is InChI=1S/C24H25N3O3/c1-2-30-22-15-13-21(14-16-22)27-24(29)18-9-11-20(12-10-18)26-23(28)8-5-7-19-6-3-4-17-25-19/h3-4,6,9-17H,2,5,7-8H2,1H3,(H,26,28)(H,27,29). The van der Waals surface area contributed by atoms with Gasteiger partial charge in [-0.3, -0.25) is 14.6 Å². The van der Waals surface area contributed by atoms with Gasteiger partial charge in [0.2, 0.25) is 5.91 Å². The molecule has 30 heavy (non-hydrogen) atoms. The number of pyridine rings is 1. The number of carbonyl (C=O) groups is 2. The first kappa shape index (κ1) is 21.0. The van der Waals surface area contributed by atoms with E-state index in [9.17, 15) is 9.59 Å². The predicted molar refractivity (Wildman–Crippen MR) is 118 cm³/mol. The fourth-order valence-corrected chi connectivity index (χ4v) is 2.91. The number of amides is 2. The number of nitrogens with one attached hydrogen (secondary N) is 2. The molecule has 1 heterocycles. The largest absolute Gasteiger partial charge is 0.494 e. The van der Waals surface area contributed by atoms with Crippen molar-refractivity contribution in [1.29, 1.82) is 0 Å². The normalized spacial score (nSPS) is 10.3. The third-order valence-corrected chi connectivity index (χ3v) is 4.42. The van der Waals surface area contributed by atoms with Gasteiger partial charge in [-0.1, -0.05) is 6.07 Å². The molecule has 2 amide bonds. The van der Waals surface area contributed by atoms with E-state index in [1.165, 1.54) is 0 Å². The lowest BCUT2D eigenvalue weighted by Crippen LogP contribution is -2.13. The quantitative estimate of drug-likeness (QED) is 0.543. The second-order valence-corrected chi connectivity index (χ2v) is 6.71. The van der Waals surface area contributed by atoms with Crippen LogP contribution in [0.3, 0.4) is 0 Å². The highest BCUT2D eigenvalue weighted by Crippen LogP contribution is 2.17. The minimum Gasteiger partial charge on any atom is -0.494 e. The van der Waals surface area contributed by atoms with Gasteiger partial charge in [0.25, 0.3) is 5.91 Å². The van der Waals surface area contributed by atoms with Gasteiger partial charge in [0.15, 0.2) is 0 Å². The van der Waals surface area contributed by atoms with Crippen molar-refractivity contribution in [3.05, 3.63) is 84.2 Å². The molecule has 1 aromatic heterocycles. The molecule has 0 spiro atoms. The average molecular weight is 403 g/mol. The van der Waals surface area contributed by atoms with Crippen LogP contribution in [0.1, 0.15) is 35.8 Å². The molecule has 3 aromatic rings. The Morgan fingerprint density at radius 1 is 0.900 bits per heavy atom. The molecule has 0 aliphatic rings. The Labute approximate surface area is 176 Å². The topological polar surface area (TPSA) is 80.3 Å². The Kier molecular flexibility index (Phi) is 7.55. The van der Waals surface area contributed by atoms with Crippen LogP contribution in [0.2, 0.25) is 0 Å². The van der Waals surface area contributed by atoms with Gasteiger partial charge >= 0.3 is 0 Å². The first-order valence-corrected chi connectivity index (χ1v) is 9.98. The van der Waals surface area contributed by atoms with Gasteiger partial charge in [-0.25, -0.2) is 0 Å². The number of benzene rings is 2. The average Bonchev–Trinajstić information content (AvgIpc) is 2.76. The highest BCUT2D eigenvalue weighted by Gasteiger charge is 2.08. The molecule has 2 aromatic carbocycles. The molecule has 2 N–H and O–H groups in total. The number of nitrogens with zero attached hydrogens (tertiary/aromatic N) is 1. The molecule has 0 radical (unpaired) electrons. The summed E-state index contributed by atoms with van der Waals surface area (Å²) in [5.41, 5.74) is 2.84. The molecular weight excluding hydrogens is 378 g/mol. The van der Waals surface area contributed by atoms with Gasteiger partial charge in [0.05, 0.1) is 6.61 Å². The van der Waals surface area contributed by atoms with Crippen LogP contribution in [-0.4, -0.2) is 23.4 Å². The Hall–Kier alpha value is -3.67. The van der Waals surface area contributed by atoms with Crippen LogP contribution in [0.5, 0.6) is 5.75 Å². The molecule has 6 nitrogen and oxygen atoms in total. The predicted octanol–water partition coefficient (Wildman–Crippen LogP) is 4.69. The van der Waals surface area contributed by atoms with Crippen LogP contribution in [0, 0.1) is 0 Å². The number of aryl methyl sites for hydroxylation is 1. The third kappa shape index (κ3) is 6.44. The van der Waals surface area contributed by atoms with E-state index in [2.05, 4.69) is 15.6 Å². The molecule has 0 atom stereocenters. The van der Waals surface area contributed by atoms with Crippen molar-refractivity contribution in [2.75, 3.05) is 17.2 Å². The minimum atomic E-state index is -0.215. The van der Waals surface area contributed by atoms with Gasteiger partial charge in [-0.15, -0.1) is 0 Å². The van der Waals surface area contributed by atoms with Gasteiger partial charge in [0, 0.05) is 35.2 Å². The summed E-state index contributed by atoms with van der Waals surface area (Å²) >= 11 is 0. The fourth-order valence-electron chi connectivity index (χ4n) is 2.91. The summed E-state index contributed by atoms with van der Waals surface area (Å²) in [7, 11) is 0. The fraction of sp³-hybridized carbons (Fsp3) is 0.208. The van der Waals surface area contributed by atoms with Gasteiger partial charge in [-0.2, -0.15) is 0 Å². The number of aromatic nitrogens is 1. The summed E-state index contributed by atoms with van der Waals surface area (Å²) in [6, 6.07) is 19.8. The zero-order chi connectivity index (χ0) is 21.2. The zero-order valence-corrected chi connectivity index (χ0v) is 16.9. The van der Waals surface area contributed by atoms with Gasteiger partial charge in [-0.05, 0) is 80.4 Å². The van der Waals surface area contributed by atoms with E-state index in [0.29, 0.717) is 30.0 Å². The lowest BCUT2D eigenvalue weighted by molar-refractivity contribution is -0.116. The number of rotatable bonds is 9. The SMILES string of the molecule is CCOc1ccc(NC(=O)c2ccc(NC(=O)CCCc3ccccn3)cc2)cc1. The van der Waals surface area contributed by atoms with E-state index < -0.39 is 0 Å². The van der Waals surface area contributed by atoms with Gasteiger partial charge in [0.1, 0.15) is 5.75 Å². The van der Waals surface area contributed by atoms with E-state index in [0.717, 1.165) is 24.3 Å². The van der Waals surface area contributed by atoms with Crippen LogP contribution in [0.15, 0.2) is 72.9 Å². The molecule has 0 saturated heterocycles. The lowest BCUT2D eigenvalue weighted by Gasteiger charge is -2.09. The van der Waals surface area contributed by atoms with E-state index in [1.807, 2.05) is 37.3 Å². The second-order valence-electron chi connectivity index (χ2n) is 6.71. The molecule has 0 aliphatic heterocycles. The third-order valence-electron chi connectivity index (χ3n) is 4.42. The van der Waals surface area contributed by atoms with E-state index in [1.54, 1.807) is 42.6 Å². The summed E-state index contributed by atoms with van der Waals surface area (Å²) in [6.07, 6.45) is 3.66. The van der Waals surface area contributed by atoms with E-state index in [-0.39, 0.29) is 11.8 Å². The number of carbonyl (C=O) groups excluding carboxylic acids is 2. The Morgan fingerprint density at radius 3 is 2.27 bits per heavy atom. The molecular formula is C24H25N3O3. The highest BCUT2D eigenvalue weighted by molar-refractivity contribution is 6.04. The number of anilines is 2. The Bertz CT molecular complexity index is 955. The summed E-state index contributed by atoms with van der Waals surface area (Å²) in [4.78, 5) is 28.8. The molecule has 6 heteroatoms. The van der Waals surface area contributed by atoms with Crippen molar-refractivity contribution in [2.45, 2.75) is 26.2 Å². The molecule has 0 fully saturated rings. The summed E-state index contributed by atoms with van der Waals surface area (Å²) in [5.74, 6) is 0.487. The molecule has 154 valence electrons. The van der Waals surface area contributed by atoms with Crippen molar-refractivity contribution >= 4 is 23.2 Å². The maximum atomic E-state index is 12.4. The maximum Gasteiger partial charge on any atom is 0.255 e. The molecule has 0 bridgehead atoms. The van der Waals surface area contributed by atoms with Crippen molar-refractivity contribution < 1.29 is 14.3 Å². The van der Waals surface area contributed by atoms with Crippen LogP contribution in [0.4, 0.5) is 11.4 Å². The molecule has 0 unspecified atom stereocenters. The lowest BCUT2D eigenvalue weighted by atomic mass is 10.1. The molecule has 0 saturated carbocycles. The number of hydrogen-bond donors (Lipinski definition) is 2. The minimum absolute atomic E-state index is 0.0579. The Morgan fingerprint density at radius 2 is 1.60 bits per heavy atom. The first-order chi connectivity index (χ1) is 14.6. The monoisotopic (exact) mass is 403 g/mol. The molecule has 3 rings (SSSR count). The summed E-state index contributed by atoms with van der Waals surface area (Å²) in [5, 5.41) is 5.70. The highest BCUT2D eigenvalue weighted by atomic mass is 16.5. The van der Waals surface area contributed by atoms with Crippen molar-refractivity contribution in [3.63, 3.8) is 0 Å². The Balaban J connectivity index is 1.46. The van der Waals surface area contributed by atoms with Crippen LogP contribution in [-0.2, 0) is 11.2 Å². The van der Waals surface area contributed by atoms with E-state index in [4.69, 9.17) is 4.74 Å². The van der Waals surface area contributed by atoms with Crippen molar-refractivity contribution in [2.24, 2.45) is 0 Å². The second kappa shape index (κ2) is 10.8. The summed E-state index contributed by atoms with van der Waals surface area (Å²) in [6.45, 7) is 2.52. The van der Waals surface area contributed by atoms with Crippen molar-refractivity contribution in [1.82, 2.24) is 4.98 Å². The number of ether oxygens (including phenoxy) is 1. The maximum absolute atomic E-state index is 12.4. The number of hydrogen-bond acceptors (Lipinski definition) is 4. The van der Waals surface area contributed by atoms with Crippen LogP contribution < -0.4 is 15.4 Å². The zero-order valence-electron chi connectivity index (χ0n) is 16.9. The molecule has 0 aliphatic carbocycles. The van der Waals surface area contributed by atoms with Crippen molar-refractivity contribution in [3.8, 4) is 5.75 Å². The smallest absolute Gasteiger partial charge is 0.255 e. The first-order valence-electron chi connectivity index (χ1n) is 9.98. The van der Waals surface area contributed by atoms with Gasteiger partial charge < -0.3 is 15.4 Å². The van der Waals surface area contributed by atoms with Crippen LogP contribution in [0.25, 0.3) is 0 Å². The summed E-state index contributed by atoms with van der Waals surface area (Å²) < 4.78 is 5.39.